The van der Waals surface area contributed by atoms with Crippen LogP contribution in [-0.2, 0) is 16.1 Å². The maximum Gasteiger partial charge on any atom is 0.320 e. The number of amides is 2. The lowest BCUT2D eigenvalue weighted by Gasteiger charge is -2.14. The summed E-state index contributed by atoms with van der Waals surface area (Å²) < 4.78 is 4.95. The zero-order valence-corrected chi connectivity index (χ0v) is 21.9. The molecule has 3 aromatic rings. The molecule has 2 N–H and O–H groups in total. The SMILES string of the molecule is CCOC(=O)CN(C)Cc1cc(Cl)c(C(=O)Nc2ccc(Cl)cc2C(=O)Nc2ccc(Cl)cc2)s1. The smallest absolute Gasteiger partial charge is 0.320 e. The Bertz CT molecular complexity index is 1230. The van der Waals surface area contributed by atoms with E-state index in [2.05, 4.69) is 10.6 Å². The van der Waals surface area contributed by atoms with Crippen molar-refractivity contribution in [1.29, 1.82) is 0 Å². The summed E-state index contributed by atoms with van der Waals surface area (Å²) in [5, 5.41) is 6.65. The lowest BCUT2D eigenvalue weighted by Crippen LogP contribution is -2.26. The number of carbonyl (C=O) groups excluding carboxylic acids is 3. The van der Waals surface area contributed by atoms with Gasteiger partial charge < -0.3 is 15.4 Å². The van der Waals surface area contributed by atoms with Gasteiger partial charge in [-0.2, -0.15) is 0 Å². The minimum absolute atomic E-state index is 0.113. The standard InChI is InChI=1S/C24H22Cl3N3O4S/c1-3-34-21(31)13-30(2)12-17-11-19(27)22(35-17)24(33)29-20-9-6-15(26)10-18(20)23(32)28-16-7-4-14(25)5-8-16/h4-11H,3,12-13H2,1-2H3,(H,28,32)(H,29,33). The van der Waals surface area contributed by atoms with Crippen molar-refractivity contribution < 1.29 is 19.1 Å². The van der Waals surface area contributed by atoms with E-state index >= 15 is 0 Å². The molecule has 7 nitrogen and oxygen atoms in total. The van der Waals surface area contributed by atoms with Gasteiger partial charge in [0.05, 0.1) is 29.4 Å². The molecule has 0 aliphatic heterocycles. The molecule has 35 heavy (non-hydrogen) atoms. The number of esters is 1. The van der Waals surface area contributed by atoms with Crippen LogP contribution in [0.25, 0.3) is 0 Å². The van der Waals surface area contributed by atoms with Crippen molar-refractivity contribution in [3.05, 3.63) is 78.9 Å². The van der Waals surface area contributed by atoms with E-state index in [0.717, 1.165) is 4.88 Å². The molecule has 2 amide bonds. The lowest BCUT2D eigenvalue weighted by molar-refractivity contribution is -0.144. The van der Waals surface area contributed by atoms with Gasteiger partial charge >= 0.3 is 5.97 Å². The van der Waals surface area contributed by atoms with Crippen LogP contribution in [0.2, 0.25) is 15.1 Å². The first-order valence-electron chi connectivity index (χ1n) is 10.5. The molecule has 0 radical (unpaired) electrons. The van der Waals surface area contributed by atoms with Gasteiger partial charge in [-0.25, -0.2) is 0 Å². The van der Waals surface area contributed by atoms with Gasteiger partial charge in [-0.15, -0.1) is 11.3 Å². The number of nitrogens with zero attached hydrogens (tertiary/aromatic N) is 1. The highest BCUT2D eigenvalue weighted by Gasteiger charge is 2.20. The molecular weight excluding hydrogens is 533 g/mol. The number of likely N-dealkylation sites (N-methyl/N-ethyl adjacent to an activating group) is 1. The van der Waals surface area contributed by atoms with Crippen molar-refractivity contribution in [2.24, 2.45) is 0 Å². The van der Waals surface area contributed by atoms with E-state index in [-0.39, 0.29) is 33.7 Å². The van der Waals surface area contributed by atoms with Crippen molar-refractivity contribution in [1.82, 2.24) is 4.90 Å². The van der Waals surface area contributed by atoms with Gasteiger partial charge in [0, 0.05) is 27.2 Å². The second-order valence-corrected chi connectivity index (χ2v) is 9.89. The van der Waals surface area contributed by atoms with Crippen LogP contribution in [0.4, 0.5) is 11.4 Å². The maximum atomic E-state index is 13.0. The number of thiophene rings is 1. The minimum atomic E-state index is -0.470. The highest BCUT2D eigenvalue weighted by atomic mass is 35.5. The fourth-order valence-electron chi connectivity index (χ4n) is 3.12. The topological polar surface area (TPSA) is 87.7 Å². The third-order valence-corrected chi connectivity index (χ3v) is 6.67. The predicted octanol–water partition coefficient (Wildman–Crippen LogP) is 6.21. The second kappa shape index (κ2) is 12.4. The molecule has 0 aliphatic carbocycles. The van der Waals surface area contributed by atoms with E-state index in [0.29, 0.717) is 28.9 Å². The van der Waals surface area contributed by atoms with Crippen LogP contribution in [0, 0.1) is 0 Å². The Kier molecular flexibility index (Phi) is 9.54. The molecule has 0 atom stereocenters. The summed E-state index contributed by atoms with van der Waals surface area (Å²) in [6.07, 6.45) is 0. The number of ether oxygens (including phenoxy) is 1. The highest BCUT2D eigenvalue weighted by molar-refractivity contribution is 7.14. The molecule has 0 fully saturated rings. The number of rotatable bonds is 9. The number of benzene rings is 2. The number of carbonyl (C=O) groups is 3. The fourth-order valence-corrected chi connectivity index (χ4v) is 4.84. The van der Waals surface area contributed by atoms with Crippen LogP contribution in [-0.4, -0.2) is 42.9 Å². The predicted molar refractivity (Wildman–Crippen MR) is 141 cm³/mol. The summed E-state index contributed by atoms with van der Waals surface area (Å²) in [6.45, 7) is 2.58. The van der Waals surface area contributed by atoms with Crippen LogP contribution in [0.15, 0.2) is 48.5 Å². The summed E-state index contributed by atoms with van der Waals surface area (Å²) in [4.78, 5) is 40.4. The number of hydrogen-bond acceptors (Lipinski definition) is 6. The molecule has 0 unspecified atom stereocenters. The van der Waals surface area contributed by atoms with E-state index in [9.17, 15) is 14.4 Å². The van der Waals surface area contributed by atoms with Gasteiger partial charge in [0.15, 0.2) is 0 Å². The third kappa shape index (κ3) is 7.68. The van der Waals surface area contributed by atoms with E-state index in [1.165, 1.54) is 17.4 Å². The normalized spacial score (nSPS) is 10.8. The van der Waals surface area contributed by atoms with Gasteiger partial charge in [0.2, 0.25) is 0 Å². The van der Waals surface area contributed by atoms with Crippen LogP contribution in [0.1, 0.15) is 31.8 Å². The average Bonchev–Trinajstić information content (AvgIpc) is 3.16. The van der Waals surface area contributed by atoms with E-state index in [1.807, 2.05) is 0 Å². The molecule has 11 heteroatoms. The van der Waals surface area contributed by atoms with Crippen LogP contribution >= 0.6 is 46.1 Å². The first-order chi connectivity index (χ1) is 16.7. The maximum absolute atomic E-state index is 13.0. The molecule has 0 aliphatic rings. The van der Waals surface area contributed by atoms with Crippen molar-refractivity contribution in [2.75, 3.05) is 30.8 Å². The molecule has 0 bridgehead atoms. The zero-order chi connectivity index (χ0) is 25.5. The second-order valence-electron chi connectivity index (χ2n) is 7.47. The Morgan fingerprint density at radius 1 is 0.943 bits per heavy atom. The van der Waals surface area contributed by atoms with Gasteiger partial charge in [0.1, 0.15) is 4.88 Å². The van der Waals surface area contributed by atoms with E-state index < -0.39 is 11.8 Å². The molecule has 1 heterocycles. The minimum Gasteiger partial charge on any atom is -0.465 e. The zero-order valence-electron chi connectivity index (χ0n) is 18.9. The van der Waals surface area contributed by atoms with Gasteiger partial charge in [-0.05, 0) is 62.5 Å². The Morgan fingerprint density at radius 2 is 1.63 bits per heavy atom. The molecule has 184 valence electrons. The average molecular weight is 555 g/mol. The monoisotopic (exact) mass is 553 g/mol. The summed E-state index contributed by atoms with van der Waals surface area (Å²) >= 11 is 19.5. The quantitative estimate of drug-likeness (QED) is 0.307. The van der Waals surface area contributed by atoms with Crippen molar-refractivity contribution in [3.63, 3.8) is 0 Å². The number of hydrogen-bond donors (Lipinski definition) is 2. The third-order valence-electron chi connectivity index (χ3n) is 4.65. The molecule has 0 saturated heterocycles. The Morgan fingerprint density at radius 3 is 2.31 bits per heavy atom. The van der Waals surface area contributed by atoms with Crippen LogP contribution < -0.4 is 10.6 Å². The van der Waals surface area contributed by atoms with Crippen LogP contribution in [0.5, 0.6) is 0 Å². The van der Waals surface area contributed by atoms with E-state index in [1.54, 1.807) is 61.3 Å². The number of halogens is 3. The first-order valence-corrected chi connectivity index (χ1v) is 12.4. The van der Waals surface area contributed by atoms with Gasteiger partial charge in [-0.3, -0.25) is 19.3 Å². The summed E-state index contributed by atoms with van der Waals surface area (Å²) in [5.74, 6) is -1.26. The summed E-state index contributed by atoms with van der Waals surface area (Å²) in [6, 6.07) is 12.9. The molecule has 2 aromatic carbocycles. The fraction of sp³-hybridized carbons (Fsp3) is 0.208. The first kappa shape index (κ1) is 27.0. The number of anilines is 2. The molecule has 0 spiro atoms. The summed E-state index contributed by atoms with van der Waals surface area (Å²) in [5.41, 5.74) is 0.994. The molecule has 1 aromatic heterocycles. The molecule has 3 rings (SSSR count). The highest BCUT2D eigenvalue weighted by Crippen LogP contribution is 2.30. The van der Waals surface area contributed by atoms with Gasteiger partial charge in [0.25, 0.3) is 11.8 Å². The summed E-state index contributed by atoms with van der Waals surface area (Å²) in [7, 11) is 1.77. The molecule has 0 saturated carbocycles. The van der Waals surface area contributed by atoms with E-state index in [4.69, 9.17) is 39.5 Å². The van der Waals surface area contributed by atoms with Crippen LogP contribution in [0.3, 0.4) is 0 Å². The van der Waals surface area contributed by atoms with Crippen molar-refractivity contribution >= 4 is 75.3 Å². The van der Waals surface area contributed by atoms with Gasteiger partial charge in [-0.1, -0.05) is 34.8 Å². The number of nitrogens with one attached hydrogen (secondary N) is 2. The largest absolute Gasteiger partial charge is 0.465 e. The Labute approximate surface area is 221 Å². The lowest BCUT2D eigenvalue weighted by atomic mass is 10.1. The Hall–Kier alpha value is -2.62. The Balaban J connectivity index is 1.73. The van der Waals surface area contributed by atoms with Crippen molar-refractivity contribution in [2.45, 2.75) is 13.5 Å². The van der Waals surface area contributed by atoms with Crippen molar-refractivity contribution in [3.8, 4) is 0 Å². The molecular formula is C24H22Cl3N3O4S.